The summed E-state index contributed by atoms with van der Waals surface area (Å²) >= 11 is 1.65. The number of thiazole rings is 1. The minimum atomic E-state index is -3.89. The Kier molecular flexibility index (Phi) is 7.23. The molecule has 0 aliphatic carbocycles. The normalized spacial score (nSPS) is 14.8. The molecule has 29 heavy (non-hydrogen) atoms. The lowest BCUT2D eigenvalue weighted by Crippen LogP contribution is -2.38. The van der Waals surface area contributed by atoms with Crippen LogP contribution in [0, 0.1) is 6.92 Å². The number of anilines is 1. The van der Waals surface area contributed by atoms with Gasteiger partial charge in [-0.1, -0.05) is 0 Å². The number of hydrogen-bond donors (Lipinski definition) is 2. The number of nitrogens with zero attached hydrogens (tertiary/aromatic N) is 2. The lowest BCUT2D eigenvalue weighted by molar-refractivity contribution is 0.0951. The Morgan fingerprint density at radius 3 is 2.72 bits per heavy atom. The Morgan fingerprint density at radius 1 is 1.31 bits per heavy atom. The van der Waals surface area contributed by atoms with E-state index in [1.54, 1.807) is 17.4 Å². The molecule has 158 valence electrons. The number of unbranched alkanes of at least 4 members (excludes halogenated alkanes) is 1. The van der Waals surface area contributed by atoms with E-state index in [0.717, 1.165) is 30.0 Å². The van der Waals surface area contributed by atoms with Crippen molar-refractivity contribution in [1.29, 1.82) is 0 Å². The Labute approximate surface area is 175 Å². The van der Waals surface area contributed by atoms with E-state index in [1.807, 2.05) is 17.2 Å². The topological polar surface area (TPSA) is 115 Å². The summed E-state index contributed by atoms with van der Waals surface area (Å²) in [6.45, 7) is 4.89. The number of aryl methyl sites for hydroxylation is 2. The lowest BCUT2D eigenvalue weighted by atomic mass is 10.1. The van der Waals surface area contributed by atoms with Gasteiger partial charge in [0.2, 0.25) is 10.0 Å². The molecule has 8 nitrogen and oxygen atoms in total. The molecule has 3 rings (SSSR count). The fourth-order valence-electron chi connectivity index (χ4n) is 3.17. The summed E-state index contributed by atoms with van der Waals surface area (Å²) in [5, 5.41) is 11.3. The molecule has 1 saturated heterocycles. The number of nitrogens with two attached hydrogens (primary N) is 1. The van der Waals surface area contributed by atoms with Gasteiger partial charge in [0.25, 0.3) is 5.91 Å². The van der Waals surface area contributed by atoms with Gasteiger partial charge in [0, 0.05) is 36.4 Å². The predicted molar refractivity (Wildman–Crippen MR) is 113 cm³/mol. The fourth-order valence-corrected chi connectivity index (χ4v) is 4.53. The van der Waals surface area contributed by atoms with Crippen molar-refractivity contribution in [3.05, 3.63) is 39.8 Å². The molecule has 10 heteroatoms. The number of amides is 1. The Morgan fingerprint density at radius 2 is 2.07 bits per heavy atom. The van der Waals surface area contributed by atoms with E-state index in [2.05, 4.69) is 10.3 Å². The van der Waals surface area contributed by atoms with Crippen molar-refractivity contribution in [3.8, 4) is 0 Å². The molecular formula is C19H26N4O4S2. The second kappa shape index (κ2) is 9.66. The number of carbonyl (C=O) groups excluding carboxylic acids is 1. The Hall–Kier alpha value is -2.01. The van der Waals surface area contributed by atoms with Crippen LogP contribution < -0.4 is 15.4 Å². The van der Waals surface area contributed by atoms with Crippen molar-refractivity contribution in [2.24, 2.45) is 5.14 Å². The molecule has 1 aliphatic heterocycles. The quantitative estimate of drug-likeness (QED) is 0.606. The van der Waals surface area contributed by atoms with E-state index in [4.69, 9.17) is 9.88 Å². The third-order valence-corrected chi connectivity index (χ3v) is 6.60. The van der Waals surface area contributed by atoms with Crippen molar-refractivity contribution in [3.63, 3.8) is 0 Å². The van der Waals surface area contributed by atoms with E-state index < -0.39 is 10.0 Å². The molecule has 0 atom stereocenters. The molecular weight excluding hydrogens is 412 g/mol. The summed E-state index contributed by atoms with van der Waals surface area (Å²) < 4.78 is 28.8. The van der Waals surface area contributed by atoms with Gasteiger partial charge < -0.3 is 15.0 Å². The fraction of sp³-hybridized carbons (Fsp3) is 0.474. The number of sulfonamides is 1. The van der Waals surface area contributed by atoms with Gasteiger partial charge in [-0.15, -0.1) is 11.3 Å². The van der Waals surface area contributed by atoms with Crippen LogP contribution in [0.15, 0.2) is 28.5 Å². The van der Waals surface area contributed by atoms with Gasteiger partial charge in [-0.25, -0.2) is 18.5 Å². The van der Waals surface area contributed by atoms with Crippen molar-refractivity contribution in [2.45, 2.75) is 31.1 Å². The maximum Gasteiger partial charge on any atom is 0.253 e. The largest absolute Gasteiger partial charge is 0.378 e. The average Bonchev–Trinajstić information content (AvgIpc) is 3.12. The highest BCUT2D eigenvalue weighted by Crippen LogP contribution is 2.25. The van der Waals surface area contributed by atoms with Gasteiger partial charge >= 0.3 is 0 Å². The predicted octanol–water partition coefficient (Wildman–Crippen LogP) is 1.69. The minimum absolute atomic E-state index is 0.0706. The van der Waals surface area contributed by atoms with Crippen LogP contribution in [0.3, 0.4) is 0 Å². The summed E-state index contributed by atoms with van der Waals surface area (Å²) in [6, 6.07) is 4.44. The van der Waals surface area contributed by atoms with E-state index in [1.165, 1.54) is 12.1 Å². The first-order valence-electron chi connectivity index (χ1n) is 9.53. The van der Waals surface area contributed by atoms with Gasteiger partial charge in [-0.3, -0.25) is 4.79 Å². The molecule has 1 amide bonds. The Balaban J connectivity index is 1.64. The highest BCUT2D eigenvalue weighted by atomic mass is 32.2. The number of morpholine rings is 1. The smallest absolute Gasteiger partial charge is 0.253 e. The molecule has 2 heterocycles. The number of primary sulfonamides is 1. The molecule has 3 N–H and O–H groups in total. The molecule has 0 radical (unpaired) electrons. The molecule has 1 aliphatic rings. The van der Waals surface area contributed by atoms with Gasteiger partial charge in [0.15, 0.2) is 0 Å². The third-order valence-electron chi connectivity index (χ3n) is 4.66. The van der Waals surface area contributed by atoms with E-state index >= 15 is 0 Å². The molecule has 1 fully saturated rings. The minimum Gasteiger partial charge on any atom is -0.378 e. The molecule has 0 spiro atoms. The van der Waals surface area contributed by atoms with Crippen LogP contribution in [0.5, 0.6) is 0 Å². The molecule has 2 aromatic rings. The SMILES string of the molecule is Cc1csc(CCCCNC(=O)c2cc(S(N)(=O)=O)ccc2N2CCOCC2)n1. The maximum absolute atomic E-state index is 12.8. The third kappa shape index (κ3) is 5.99. The van der Waals surface area contributed by atoms with Crippen LogP contribution in [0.25, 0.3) is 0 Å². The second-order valence-corrected chi connectivity index (χ2v) is 9.42. The van der Waals surface area contributed by atoms with Crippen LogP contribution >= 0.6 is 11.3 Å². The number of aromatic nitrogens is 1. The lowest BCUT2D eigenvalue weighted by Gasteiger charge is -2.30. The van der Waals surface area contributed by atoms with Crippen LogP contribution in [-0.2, 0) is 21.2 Å². The number of rotatable bonds is 8. The first kappa shape index (κ1) is 21.7. The zero-order valence-electron chi connectivity index (χ0n) is 16.4. The second-order valence-electron chi connectivity index (χ2n) is 6.92. The summed E-state index contributed by atoms with van der Waals surface area (Å²) in [6.07, 6.45) is 2.61. The van der Waals surface area contributed by atoms with Crippen molar-refractivity contribution < 1.29 is 17.9 Å². The standard InChI is InChI=1S/C19H26N4O4S2/c1-14-13-28-18(22-14)4-2-3-7-21-19(24)16-12-15(29(20,25)26)5-6-17(16)23-8-10-27-11-9-23/h5-6,12-13H,2-4,7-11H2,1H3,(H,21,24)(H2,20,25,26). The molecule has 1 aromatic heterocycles. The van der Waals surface area contributed by atoms with Gasteiger partial charge in [0.05, 0.1) is 28.7 Å². The average molecular weight is 439 g/mol. The molecule has 1 aromatic carbocycles. The number of hydrogen-bond acceptors (Lipinski definition) is 7. The highest BCUT2D eigenvalue weighted by Gasteiger charge is 2.21. The monoisotopic (exact) mass is 438 g/mol. The first-order valence-corrected chi connectivity index (χ1v) is 12.0. The van der Waals surface area contributed by atoms with E-state index in [9.17, 15) is 13.2 Å². The number of nitrogens with one attached hydrogen (secondary N) is 1. The molecule has 0 saturated carbocycles. The Bertz CT molecular complexity index is 953. The number of carbonyl (C=O) groups is 1. The highest BCUT2D eigenvalue weighted by molar-refractivity contribution is 7.89. The van der Waals surface area contributed by atoms with Crippen LogP contribution in [0.4, 0.5) is 5.69 Å². The van der Waals surface area contributed by atoms with Crippen molar-refractivity contribution in [2.75, 3.05) is 37.7 Å². The first-order chi connectivity index (χ1) is 13.8. The summed E-state index contributed by atoms with van der Waals surface area (Å²) in [4.78, 5) is 19.2. The summed E-state index contributed by atoms with van der Waals surface area (Å²) in [5.41, 5.74) is 2.04. The number of ether oxygens (including phenoxy) is 1. The molecule has 0 bridgehead atoms. The zero-order chi connectivity index (χ0) is 20.9. The van der Waals surface area contributed by atoms with E-state index in [0.29, 0.717) is 44.1 Å². The van der Waals surface area contributed by atoms with Gasteiger partial charge in [-0.2, -0.15) is 0 Å². The van der Waals surface area contributed by atoms with E-state index in [-0.39, 0.29) is 10.8 Å². The van der Waals surface area contributed by atoms with Gasteiger partial charge in [-0.05, 0) is 44.4 Å². The summed E-state index contributed by atoms with van der Waals surface area (Å²) in [5.74, 6) is -0.304. The van der Waals surface area contributed by atoms with Crippen LogP contribution in [-0.4, -0.2) is 52.2 Å². The summed E-state index contributed by atoms with van der Waals surface area (Å²) in [7, 11) is -3.89. The van der Waals surface area contributed by atoms with Crippen LogP contribution in [0.2, 0.25) is 0 Å². The number of benzene rings is 1. The van der Waals surface area contributed by atoms with Crippen molar-refractivity contribution >= 4 is 33.0 Å². The zero-order valence-corrected chi connectivity index (χ0v) is 18.0. The van der Waals surface area contributed by atoms with Gasteiger partial charge in [0.1, 0.15) is 0 Å². The maximum atomic E-state index is 12.8. The molecule has 0 unspecified atom stereocenters. The van der Waals surface area contributed by atoms with Crippen LogP contribution in [0.1, 0.15) is 33.9 Å². The van der Waals surface area contributed by atoms with Crippen molar-refractivity contribution in [1.82, 2.24) is 10.3 Å².